The molecular formula is C8H10N2O4. The molecule has 0 aliphatic carbocycles. The van der Waals surface area contributed by atoms with Gasteiger partial charge in [0.25, 0.3) is 0 Å². The van der Waals surface area contributed by atoms with Gasteiger partial charge in [-0.15, -0.1) is 0 Å². The summed E-state index contributed by atoms with van der Waals surface area (Å²) in [5, 5.41) is 8.54. The number of aromatic nitrogens is 1. The summed E-state index contributed by atoms with van der Waals surface area (Å²) in [6.07, 6.45) is 1.38. The van der Waals surface area contributed by atoms with Crippen LogP contribution in [0.4, 0.5) is 5.69 Å². The third-order valence-electron chi connectivity index (χ3n) is 1.62. The van der Waals surface area contributed by atoms with Crippen LogP contribution in [0.5, 0.6) is 0 Å². The molecule has 1 aromatic heterocycles. The third kappa shape index (κ3) is 2.03. The number of esters is 1. The van der Waals surface area contributed by atoms with Crippen LogP contribution in [0.1, 0.15) is 10.5 Å². The standard InChI is InChI=1S/C8H10N2O4/c1-14-8(13)6-2-5(9)3-10(6)4-7(11)12/h2-3H,4,9H2,1H3,(H,11,12). The number of anilines is 1. The predicted molar refractivity (Wildman–Crippen MR) is 47.8 cm³/mol. The molecule has 0 saturated heterocycles. The smallest absolute Gasteiger partial charge is 0.354 e. The molecule has 0 saturated carbocycles. The Bertz CT molecular complexity index is 369. The van der Waals surface area contributed by atoms with Gasteiger partial charge in [-0.3, -0.25) is 4.79 Å². The fourth-order valence-electron chi connectivity index (χ4n) is 1.08. The van der Waals surface area contributed by atoms with Crippen molar-refractivity contribution in [2.24, 2.45) is 0 Å². The Hall–Kier alpha value is -1.98. The summed E-state index contributed by atoms with van der Waals surface area (Å²) in [6.45, 7) is -0.318. The summed E-state index contributed by atoms with van der Waals surface area (Å²) in [4.78, 5) is 21.6. The maximum absolute atomic E-state index is 11.1. The minimum absolute atomic E-state index is 0.132. The number of methoxy groups -OCH3 is 1. The second kappa shape index (κ2) is 3.82. The van der Waals surface area contributed by atoms with Crippen molar-refractivity contribution in [3.05, 3.63) is 18.0 Å². The van der Waals surface area contributed by atoms with Crippen LogP contribution < -0.4 is 5.73 Å². The summed E-state index contributed by atoms with van der Waals surface area (Å²) in [7, 11) is 1.22. The van der Waals surface area contributed by atoms with Gasteiger partial charge in [-0.2, -0.15) is 0 Å². The Kier molecular flexibility index (Phi) is 2.76. The number of rotatable bonds is 3. The largest absolute Gasteiger partial charge is 0.480 e. The van der Waals surface area contributed by atoms with Gasteiger partial charge in [0.1, 0.15) is 12.2 Å². The van der Waals surface area contributed by atoms with Gasteiger partial charge in [-0.25, -0.2) is 4.79 Å². The second-order valence-corrected chi connectivity index (χ2v) is 2.67. The number of nitrogens with zero attached hydrogens (tertiary/aromatic N) is 1. The molecule has 76 valence electrons. The number of hydrogen-bond donors (Lipinski definition) is 2. The van der Waals surface area contributed by atoms with Crippen LogP contribution in [-0.4, -0.2) is 28.7 Å². The number of aliphatic carboxylic acids is 1. The molecule has 0 atom stereocenters. The maximum atomic E-state index is 11.1. The fraction of sp³-hybridized carbons (Fsp3) is 0.250. The molecule has 6 heteroatoms. The van der Waals surface area contributed by atoms with Gasteiger partial charge in [-0.05, 0) is 6.07 Å². The summed E-state index contributed by atoms with van der Waals surface area (Å²) in [6, 6.07) is 1.37. The SMILES string of the molecule is COC(=O)c1cc(N)cn1CC(=O)O. The minimum Gasteiger partial charge on any atom is -0.480 e. The number of hydrogen-bond acceptors (Lipinski definition) is 4. The second-order valence-electron chi connectivity index (χ2n) is 2.67. The quantitative estimate of drug-likeness (QED) is 0.663. The highest BCUT2D eigenvalue weighted by Gasteiger charge is 2.14. The zero-order valence-electron chi connectivity index (χ0n) is 7.56. The first-order chi connectivity index (χ1) is 6.54. The van der Waals surface area contributed by atoms with Crippen molar-refractivity contribution < 1.29 is 19.4 Å². The molecule has 3 N–H and O–H groups in total. The number of carbonyl (C=O) groups excluding carboxylic acids is 1. The Morgan fingerprint density at radius 2 is 2.29 bits per heavy atom. The van der Waals surface area contributed by atoms with E-state index in [-0.39, 0.29) is 12.2 Å². The van der Waals surface area contributed by atoms with Crippen LogP contribution in [0, 0.1) is 0 Å². The molecule has 0 aromatic carbocycles. The summed E-state index contributed by atoms with van der Waals surface area (Å²) >= 11 is 0. The molecule has 0 radical (unpaired) electrons. The van der Waals surface area contributed by atoms with Gasteiger partial charge in [-0.1, -0.05) is 0 Å². The lowest BCUT2D eigenvalue weighted by Gasteiger charge is -2.03. The normalized spacial score (nSPS) is 9.79. The molecule has 0 spiro atoms. The number of carbonyl (C=O) groups is 2. The monoisotopic (exact) mass is 198 g/mol. The van der Waals surface area contributed by atoms with E-state index in [2.05, 4.69) is 4.74 Å². The first-order valence-electron chi connectivity index (χ1n) is 3.80. The highest BCUT2D eigenvalue weighted by molar-refractivity contribution is 5.89. The lowest BCUT2D eigenvalue weighted by Crippen LogP contribution is -2.14. The summed E-state index contributed by atoms with van der Waals surface area (Å²) in [5.41, 5.74) is 5.88. The van der Waals surface area contributed by atoms with E-state index in [1.807, 2.05) is 0 Å². The van der Waals surface area contributed by atoms with E-state index in [1.54, 1.807) is 0 Å². The molecule has 0 bridgehead atoms. The van der Waals surface area contributed by atoms with Gasteiger partial charge < -0.3 is 20.1 Å². The Balaban J connectivity index is 3.02. The van der Waals surface area contributed by atoms with Crippen LogP contribution in [-0.2, 0) is 16.1 Å². The molecule has 0 aliphatic heterocycles. The van der Waals surface area contributed by atoms with Gasteiger partial charge >= 0.3 is 11.9 Å². The molecule has 0 aliphatic rings. The zero-order valence-corrected chi connectivity index (χ0v) is 7.56. The number of ether oxygens (including phenoxy) is 1. The van der Waals surface area contributed by atoms with Crippen LogP contribution in [0.25, 0.3) is 0 Å². The minimum atomic E-state index is -1.05. The molecule has 1 aromatic rings. The number of nitrogen functional groups attached to an aromatic ring is 1. The van der Waals surface area contributed by atoms with Crippen molar-refractivity contribution in [3.8, 4) is 0 Å². The molecule has 0 unspecified atom stereocenters. The lowest BCUT2D eigenvalue weighted by molar-refractivity contribution is -0.137. The Morgan fingerprint density at radius 3 is 2.79 bits per heavy atom. The topological polar surface area (TPSA) is 94.5 Å². The molecule has 1 rings (SSSR count). The van der Waals surface area contributed by atoms with Crippen molar-refractivity contribution in [2.75, 3.05) is 12.8 Å². The zero-order chi connectivity index (χ0) is 10.7. The van der Waals surface area contributed by atoms with Crippen LogP contribution >= 0.6 is 0 Å². The lowest BCUT2D eigenvalue weighted by atomic mass is 10.4. The van der Waals surface area contributed by atoms with Gasteiger partial charge in [0.15, 0.2) is 0 Å². The van der Waals surface area contributed by atoms with E-state index in [4.69, 9.17) is 10.8 Å². The van der Waals surface area contributed by atoms with E-state index in [0.717, 1.165) is 0 Å². The summed E-state index contributed by atoms with van der Waals surface area (Å²) < 4.78 is 5.69. The van der Waals surface area contributed by atoms with Gasteiger partial charge in [0, 0.05) is 6.20 Å². The van der Waals surface area contributed by atoms with E-state index in [0.29, 0.717) is 5.69 Å². The first-order valence-corrected chi connectivity index (χ1v) is 3.80. The van der Waals surface area contributed by atoms with Crippen molar-refractivity contribution >= 4 is 17.6 Å². The molecule has 0 amide bonds. The molecule has 1 heterocycles. The van der Waals surface area contributed by atoms with Gasteiger partial charge in [0.2, 0.25) is 0 Å². The number of carboxylic acid groups (broad SMARTS) is 1. The average Bonchev–Trinajstić information content (AvgIpc) is 2.44. The van der Waals surface area contributed by atoms with Crippen molar-refractivity contribution in [3.63, 3.8) is 0 Å². The number of nitrogens with two attached hydrogens (primary N) is 1. The van der Waals surface area contributed by atoms with E-state index in [9.17, 15) is 9.59 Å². The predicted octanol–water partition coefficient (Wildman–Crippen LogP) is -0.0585. The van der Waals surface area contributed by atoms with Crippen LogP contribution in [0.15, 0.2) is 12.3 Å². The van der Waals surface area contributed by atoms with Crippen LogP contribution in [0.2, 0.25) is 0 Å². The molecular weight excluding hydrogens is 188 g/mol. The van der Waals surface area contributed by atoms with Crippen LogP contribution in [0.3, 0.4) is 0 Å². The Labute approximate surface area is 79.9 Å². The van der Waals surface area contributed by atoms with E-state index < -0.39 is 11.9 Å². The fourth-order valence-corrected chi connectivity index (χ4v) is 1.08. The molecule has 0 fully saturated rings. The maximum Gasteiger partial charge on any atom is 0.354 e. The van der Waals surface area contributed by atoms with Crippen molar-refractivity contribution in [1.29, 1.82) is 0 Å². The highest BCUT2D eigenvalue weighted by Crippen LogP contribution is 2.11. The van der Waals surface area contributed by atoms with Gasteiger partial charge in [0.05, 0.1) is 12.8 Å². The summed E-state index contributed by atoms with van der Waals surface area (Å²) in [5.74, 6) is -1.66. The Morgan fingerprint density at radius 1 is 1.64 bits per heavy atom. The van der Waals surface area contributed by atoms with Crippen molar-refractivity contribution in [2.45, 2.75) is 6.54 Å². The molecule has 14 heavy (non-hydrogen) atoms. The third-order valence-corrected chi connectivity index (χ3v) is 1.62. The van der Waals surface area contributed by atoms with E-state index >= 15 is 0 Å². The first kappa shape index (κ1) is 10.1. The number of carboxylic acids is 1. The molecule has 6 nitrogen and oxygen atoms in total. The van der Waals surface area contributed by atoms with Crippen molar-refractivity contribution in [1.82, 2.24) is 4.57 Å². The van der Waals surface area contributed by atoms with E-state index in [1.165, 1.54) is 23.9 Å². The highest BCUT2D eigenvalue weighted by atomic mass is 16.5. The average molecular weight is 198 g/mol.